The number of nitro groups is 1. The number of carboxylic acid groups (broad SMARTS) is 1. The number of rotatable bonds is 4. The van der Waals surface area contributed by atoms with Crippen LogP contribution in [0, 0.1) is 15.5 Å². The third-order valence-corrected chi connectivity index (χ3v) is 3.46. The van der Waals surface area contributed by atoms with Gasteiger partial charge in [-0.2, -0.15) is 0 Å². The molecule has 1 aromatic rings. The van der Waals surface area contributed by atoms with E-state index in [9.17, 15) is 19.7 Å². The minimum absolute atomic E-state index is 0.0281. The Bertz CT molecular complexity index is 595. The standard InChI is InChI=1S/C13H15BrN2O5/c1-13(2,3)10(12(18)19)15-11(17)7-4-5-8(14)9(6-7)16(20)21/h4-6,10H,1-3H3,(H,15,17)(H,18,19)/t10-/m1/s1. The summed E-state index contributed by atoms with van der Waals surface area (Å²) in [6.07, 6.45) is 0. The molecule has 0 bridgehead atoms. The summed E-state index contributed by atoms with van der Waals surface area (Å²) in [4.78, 5) is 33.5. The molecular formula is C13H15BrN2O5. The lowest BCUT2D eigenvalue weighted by molar-refractivity contribution is -0.385. The Morgan fingerprint density at radius 2 is 1.95 bits per heavy atom. The van der Waals surface area contributed by atoms with Crippen LogP contribution >= 0.6 is 15.9 Å². The molecule has 0 radical (unpaired) electrons. The number of carbonyl (C=O) groups is 2. The maximum absolute atomic E-state index is 12.1. The Balaban J connectivity index is 3.07. The maximum Gasteiger partial charge on any atom is 0.326 e. The molecule has 0 unspecified atom stereocenters. The van der Waals surface area contributed by atoms with E-state index >= 15 is 0 Å². The second-order valence-corrected chi connectivity index (χ2v) is 6.39. The highest BCUT2D eigenvalue weighted by atomic mass is 79.9. The summed E-state index contributed by atoms with van der Waals surface area (Å²) in [5.41, 5.74) is -0.923. The molecule has 0 aliphatic heterocycles. The predicted molar refractivity (Wildman–Crippen MR) is 79.1 cm³/mol. The summed E-state index contributed by atoms with van der Waals surface area (Å²) in [5, 5.41) is 22.4. The number of hydrogen-bond acceptors (Lipinski definition) is 4. The van der Waals surface area contributed by atoms with E-state index in [-0.39, 0.29) is 15.7 Å². The van der Waals surface area contributed by atoms with E-state index in [1.165, 1.54) is 12.1 Å². The number of halogens is 1. The number of carboxylic acids is 1. The van der Waals surface area contributed by atoms with Crippen molar-refractivity contribution in [2.24, 2.45) is 5.41 Å². The molecule has 1 aromatic carbocycles. The Morgan fingerprint density at radius 1 is 1.38 bits per heavy atom. The van der Waals surface area contributed by atoms with Gasteiger partial charge in [0.15, 0.2) is 0 Å². The summed E-state index contributed by atoms with van der Waals surface area (Å²) in [7, 11) is 0. The van der Waals surface area contributed by atoms with Crippen LogP contribution in [-0.4, -0.2) is 27.9 Å². The van der Waals surface area contributed by atoms with Gasteiger partial charge >= 0.3 is 5.97 Å². The zero-order chi connectivity index (χ0) is 16.4. The number of nitrogens with one attached hydrogen (secondary N) is 1. The Kier molecular flexibility index (Phi) is 5.06. The summed E-state index contributed by atoms with van der Waals surface area (Å²) in [6, 6.07) is 2.75. The van der Waals surface area contributed by atoms with Crippen molar-refractivity contribution in [3.63, 3.8) is 0 Å². The highest BCUT2D eigenvalue weighted by Gasteiger charge is 2.33. The van der Waals surface area contributed by atoms with Gasteiger partial charge in [0.05, 0.1) is 9.40 Å². The Morgan fingerprint density at radius 3 is 2.38 bits per heavy atom. The lowest BCUT2D eigenvalue weighted by Gasteiger charge is -2.27. The molecule has 7 nitrogen and oxygen atoms in total. The fourth-order valence-corrected chi connectivity index (χ4v) is 2.05. The van der Waals surface area contributed by atoms with Gasteiger partial charge in [-0.15, -0.1) is 0 Å². The molecule has 114 valence electrons. The topological polar surface area (TPSA) is 110 Å². The van der Waals surface area contributed by atoms with E-state index in [1.807, 2.05) is 0 Å². The average Bonchev–Trinajstić information content (AvgIpc) is 2.33. The predicted octanol–water partition coefficient (Wildman–Crippen LogP) is 2.59. The van der Waals surface area contributed by atoms with E-state index in [2.05, 4.69) is 21.2 Å². The minimum atomic E-state index is -1.16. The van der Waals surface area contributed by atoms with Crippen molar-refractivity contribution in [3.8, 4) is 0 Å². The number of nitrogens with zero attached hydrogens (tertiary/aromatic N) is 1. The van der Waals surface area contributed by atoms with E-state index in [0.29, 0.717) is 0 Å². The summed E-state index contributed by atoms with van der Waals surface area (Å²) in [6.45, 7) is 5.03. The quantitative estimate of drug-likeness (QED) is 0.634. The van der Waals surface area contributed by atoms with E-state index in [4.69, 9.17) is 5.11 Å². The molecule has 8 heteroatoms. The molecule has 2 N–H and O–H groups in total. The van der Waals surface area contributed by atoms with Crippen molar-refractivity contribution in [2.45, 2.75) is 26.8 Å². The molecule has 21 heavy (non-hydrogen) atoms. The number of nitro benzene ring substituents is 1. The highest BCUT2D eigenvalue weighted by Crippen LogP contribution is 2.26. The molecule has 0 spiro atoms. The van der Waals surface area contributed by atoms with Crippen LogP contribution in [0.1, 0.15) is 31.1 Å². The number of benzene rings is 1. The normalized spacial score (nSPS) is 12.6. The van der Waals surface area contributed by atoms with Crippen LogP contribution in [0.15, 0.2) is 22.7 Å². The van der Waals surface area contributed by atoms with Gasteiger partial charge in [0.25, 0.3) is 11.6 Å². The van der Waals surface area contributed by atoms with Crippen molar-refractivity contribution >= 4 is 33.5 Å². The second kappa shape index (κ2) is 6.21. The van der Waals surface area contributed by atoms with Gasteiger partial charge in [-0.3, -0.25) is 14.9 Å². The summed E-state index contributed by atoms with van der Waals surface area (Å²) in [5.74, 6) is -1.84. The molecule has 0 saturated heterocycles. The van der Waals surface area contributed by atoms with Gasteiger partial charge in [0.2, 0.25) is 0 Å². The van der Waals surface area contributed by atoms with Crippen molar-refractivity contribution < 1.29 is 19.6 Å². The Hall–Kier alpha value is -1.96. The van der Waals surface area contributed by atoms with Crippen LogP contribution in [0.3, 0.4) is 0 Å². The average molecular weight is 359 g/mol. The number of hydrogen-bond donors (Lipinski definition) is 2. The minimum Gasteiger partial charge on any atom is -0.480 e. The first-order chi connectivity index (χ1) is 9.54. The molecule has 0 aromatic heterocycles. The van der Waals surface area contributed by atoms with Crippen molar-refractivity contribution in [1.29, 1.82) is 0 Å². The van der Waals surface area contributed by atoms with Crippen molar-refractivity contribution in [2.75, 3.05) is 0 Å². The van der Waals surface area contributed by atoms with Crippen molar-refractivity contribution in [3.05, 3.63) is 38.3 Å². The molecule has 0 saturated carbocycles. The molecule has 0 aliphatic carbocycles. The molecule has 1 atom stereocenters. The van der Waals surface area contributed by atoms with E-state index < -0.39 is 28.3 Å². The molecule has 0 fully saturated rings. The van der Waals surface area contributed by atoms with Gasteiger partial charge in [-0.25, -0.2) is 4.79 Å². The fraction of sp³-hybridized carbons (Fsp3) is 0.385. The van der Waals surface area contributed by atoms with Gasteiger partial charge in [-0.1, -0.05) is 20.8 Å². The van der Waals surface area contributed by atoms with Crippen LogP contribution in [0.4, 0.5) is 5.69 Å². The fourth-order valence-electron chi connectivity index (χ4n) is 1.66. The third-order valence-electron chi connectivity index (χ3n) is 2.79. The van der Waals surface area contributed by atoms with Crippen LogP contribution in [0.5, 0.6) is 0 Å². The number of amides is 1. The third kappa shape index (κ3) is 4.25. The van der Waals surface area contributed by atoms with Crippen LogP contribution in [0.2, 0.25) is 0 Å². The molecule has 1 amide bonds. The smallest absolute Gasteiger partial charge is 0.326 e. The summed E-state index contributed by atoms with van der Waals surface area (Å²) >= 11 is 3.02. The largest absolute Gasteiger partial charge is 0.480 e. The SMILES string of the molecule is CC(C)(C)[C@H](NC(=O)c1ccc(Br)c([N+](=O)[O-])c1)C(=O)O. The monoisotopic (exact) mass is 358 g/mol. The zero-order valence-electron chi connectivity index (χ0n) is 11.7. The van der Waals surface area contributed by atoms with E-state index in [0.717, 1.165) is 6.07 Å². The first kappa shape index (κ1) is 17.1. The van der Waals surface area contributed by atoms with Crippen LogP contribution in [-0.2, 0) is 4.79 Å². The zero-order valence-corrected chi connectivity index (χ0v) is 13.3. The number of carbonyl (C=O) groups excluding carboxylic acids is 1. The maximum atomic E-state index is 12.1. The molecule has 0 aliphatic rings. The summed E-state index contributed by atoms with van der Waals surface area (Å²) < 4.78 is 0.245. The molecule has 0 heterocycles. The Labute approximate surface area is 129 Å². The lowest BCUT2D eigenvalue weighted by Crippen LogP contribution is -2.49. The van der Waals surface area contributed by atoms with Gasteiger partial charge in [0.1, 0.15) is 6.04 Å². The van der Waals surface area contributed by atoms with Gasteiger partial charge < -0.3 is 10.4 Å². The lowest BCUT2D eigenvalue weighted by atomic mass is 9.86. The highest BCUT2D eigenvalue weighted by molar-refractivity contribution is 9.10. The molecule has 1 rings (SSSR count). The first-order valence-electron chi connectivity index (χ1n) is 6.01. The van der Waals surface area contributed by atoms with Gasteiger partial charge in [0, 0.05) is 11.6 Å². The van der Waals surface area contributed by atoms with Crippen LogP contribution in [0.25, 0.3) is 0 Å². The molecular weight excluding hydrogens is 344 g/mol. The second-order valence-electron chi connectivity index (χ2n) is 5.53. The van der Waals surface area contributed by atoms with Gasteiger partial charge in [-0.05, 0) is 33.5 Å². The number of aliphatic carboxylic acids is 1. The van der Waals surface area contributed by atoms with Crippen LogP contribution < -0.4 is 5.32 Å². The van der Waals surface area contributed by atoms with Crippen molar-refractivity contribution in [1.82, 2.24) is 5.32 Å². The first-order valence-corrected chi connectivity index (χ1v) is 6.81. The van der Waals surface area contributed by atoms with E-state index in [1.54, 1.807) is 20.8 Å².